The fraction of sp³-hybridized carbons (Fsp3) is 0.625. The Balaban J connectivity index is 2.87. The van der Waals surface area contributed by atoms with Crippen molar-refractivity contribution in [3.05, 3.63) is 28.8 Å². The quantitative estimate of drug-likeness (QED) is 0.752. The highest BCUT2D eigenvalue weighted by Crippen LogP contribution is 2.25. The van der Waals surface area contributed by atoms with E-state index >= 15 is 0 Å². The third-order valence-corrected chi connectivity index (χ3v) is 3.94. The van der Waals surface area contributed by atoms with Gasteiger partial charge in [0.2, 0.25) is 0 Å². The van der Waals surface area contributed by atoms with Crippen molar-refractivity contribution in [3.63, 3.8) is 0 Å². The van der Waals surface area contributed by atoms with Gasteiger partial charge < -0.3 is 15.0 Å². The molecule has 0 spiro atoms. The minimum absolute atomic E-state index is 0.473. The molecule has 0 aliphatic rings. The standard InChI is InChI=1S/C16H27ClN2O/c1-5-13(3)19(9-10-20-4)15-8-7-14(12-18-6-2)16(17)11-15/h7-8,11,13,18H,5-6,9-10,12H2,1-4H3. The zero-order chi connectivity index (χ0) is 15.0. The van der Waals surface area contributed by atoms with Crippen molar-refractivity contribution in [2.75, 3.05) is 31.7 Å². The molecule has 20 heavy (non-hydrogen) atoms. The smallest absolute Gasteiger partial charge is 0.0637 e. The van der Waals surface area contributed by atoms with Crippen LogP contribution < -0.4 is 10.2 Å². The van der Waals surface area contributed by atoms with E-state index in [1.54, 1.807) is 7.11 Å². The van der Waals surface area contributed by atoms with Gasteiger partial charge in [-0.3, -0.25) is 0 Å². The van der Waals surface area contributed by atoms with Gasteiger partial charge in [-0.05, 0) is 37.6 Å². The average molecular weight is 299 g/mol. The van der Waals surface area contributed by atoms with Gasteiger partial charge in [0.25, 0.3) is 0 Å². The highest BCUT2D eigenvalue weighted by Gasteiger charge is 2.14. The molecule has 1 unspecified atom stereocenters. The van der Waals surface area contributed by atoms with Crippen molar-refractivity contribution >= 4 is 17.3 Å². The van der Waals surface area contributed by atoms with Gasteiger partial charge in [0.15, 0.2) is 0 Å². The van der Waals surface area contributed by atoms with Crippen molar-refractivity contribution in [2.24, 2.45) is 0 Å². The van der Waals surface area contributed by atoms with Gasteiger partial charge in [-0.2, -0.15) is 0 Å². The van der Waals surface area contributed by atoms with E-state index in [1.807, 2.05) is 0 Å². The summed E-state index contributed by atoms with van der Waals surface area (Å²) in [6, 6.07) is 6.81. The first-order chi connectivity index (χ1) is 9.63. The average Bonchev–Trinajstić information content (AvgIpc) is 2.46. The zero-order valence-electron chi connectivity index (χ0n) is 13.1. The number of nitrogens with one attached hydrogen (secondary N) is 1. The summed E-state index contributed by atoms with van der Waals surface area (Å²) >= 11 is 6.39. The molecule has 114 valence electrons. The first kappa shape index (κ1) is 17.3. The molecule has 1 atom stereocenters. The summed E-state index contributed by atoms with van der Waals surface area (Å²) in [5, 5.41) is 4.13. The van der Waals surface area contributed by atoms with Crippen LogP contribution in [0.4, 0.5) is 5.69 Å². The molecule has 0 fully saturated rings. The van der Waals surface area contributed by atoms with E-state index in [1.165, 1.54) is 5.69 Å². The van der Waals surface area contributed by atoms with Crippen LogP contribution in [0.1, 0.15) is 32.8 Å². The maximum Gasteiger partial charge on any atom is 0.0637 e. The molecular formula is C16H27ClN2O. The van der Waals surface area contributed by atoms with Crippen LogP contribution in [-0.2, 0) is 11.3 Å². The van der Waals surface area contributed by atoms with Crippen LogP contribution in [0, 0.1) is 0 Å². The molecule has 0 aromatic heterocycles. The highest BCUT2D eigenvalue weighted by molar-refractivity contribution is 6.31. The molecular weight excluding hydrogens is 272 g/mol. The Morgan fingerprint density at radius 2 is 2.10 bits per heavy atom. The predicted molar refractivity (Wildman–Crippen MR) is 87.8 cm³/mol. The molecule has 0 saturated heterocycles. The Morgan fingerprint density at radius 3 is 2.65 bits per heavy atom. The van der Waals surface area contributed by atoms with Crippen molar-refractivity contribution in [1.29, 1.82) is 0 Å². The number of halogens is 1. The van der Waals surface area contributed by atoms with E-state index in [0.29, 0.717) is 6.04 Å². The number of methoxy groups -OCH3 is 1. The second kappa shape index (κ2) is 9.22. The third kappa shape index (κ3) is 4.97. The lowest BCUT2D eigenvalue weighted by Gasteiger charge is -2.31. The number of hydrogen-bond acceptors (Lipinski definition) is 3. The molecule has 1 aromatic rings. The summed E-state index contributed by atoms with van der Waals surface area (Å²) in [5.41, 5.74) is 2.31. The lowest BCUT2D eigenvalue weighted by molar-refractivity contribution is 0.203. The topological polar surface area (TPSA) is 24.5 Å². The normalized spacial score (nSPS) is 12.4. The predicted octanol–water partition coefficient (Wildman–Crippen LogP) is 3.70. The number of ether oxygens (including phenoxy) is 1. The lowest BCUT2D eigenvalue weighted by Crippen LogP contribution is -2.35. The molecule has 1 aromatic carbocycles. The van der Waals surface area contributed by atoms with Crippen LogP contribution in [0.3, 0.4) is 0 Å². The molecule has 0 amide bonds. The van der Waals surface area contributed by atoms with E-state index in [9.17, 15) is 0 Å². The molecule has 0 saturated carbocycles. The molecule has 4 heteroatoms. The van der Waals surface area contributed by atoms with Gasteiger partial charge in [-0.1, -0.05) is 31.5 Å². The van der Waals surface area contributed by atoms with Crippen LogP contribution in [0.5, 0.6) is 0 Å². The van der Waals surface area contributed by atoms with E-state index in [4.69, 9.17) is 16.3 Å². The van der Waals surface area contributed by atoms with E-state index in [-0.39, 0.29) is 0 Å². The summed E-state index contributed by atoms with van der Waals surface area (Å²) in [7, 11) is 1.74. The summed E-state index contributed by atoms with van der Waals surface area (Å²) in [6.07, 6.45) is 1.10. The van der Waals surface area contributed by atoms with Gasteiger partial charge in [-0.25, -0.2) is 0 Å². The van der Waals surface area contributed by atoms with E-state index in [2.05, 4.69) is 49.2 Å². The third-order valence-electron chi connectivity index (χ3n) is 3.59. The van der Waals surface area contributed by atoms with Crippen LogP contribution in [0.15, 0.2) is 18.2 Å². The molecule has 0 heterocycles. The molecule has 3 nitrogen and oxygen atoms in total. The largest absolute Gasteiger partial charge is 0.383 e. The fourth-order valence-corrected chi connectivity index (χ4v) is 2.37. The van der Waals surface area contributed by atoms with Gasteiger partial charge in [0, 0.05) is 37.0 Å². The minimum atomic E-state index is 0.473. The molecule has 0 radical (unpaired) electrons. The monoisotopic (exact) mass is 298 g/mol. The van der Waals surface area contributed by atoms with Crippen LogP contribution in [0.2, 0.25) is 5.02 Å². The molecule has 1 N–H and O–H groups in total. The summed E-state index contributed by atoms with van der Waals surface area (Å²) in [4.78, 5) is 2.35. The zero-order valence-corrected chi connectivity index (χ0v) is 13.8. The Labute approximate surface area is 128 Å². The van der Waals surface area contributed by atoms with Crippen molar-refractivity contribution in [3.8, 4) is 0 Å². The Bertz CT molecular complexity index is 398. The first-order valence-electron chi connectivity index (χ1n) is 7.38. The number of nitrogens with zero attached hydrogens (tertiary/aromatic N) is 1. The first-order valence-corrected chi connectivity index (χ1v) is 7.76. The summed E-state index contributed by atoms with van der Waals surface area (Å²) < 4.78 is 5.21. The number of benzene rings is 1. The van der Waals surface area contributed by atoms with Gasteiger partial charge >= 0.3 is 0 Å². The second-order valence-corrected chi connectivity index (χ2v) is 5.41. The molecule has 0 aliphatic heterocycles. The van der Waals surface area contributed by atoms with Crippen LogP contribution in [-0.4, -0.2) is 32.8 Å². The maximum absolute atomic E-state index is 6.39. The van der Waals surface area contributed by atoms with E-state index in [0.717, 1.165) is 43.2 Å². The fourth-order valence-electron chi connectivity index (χ4n) is 2.13. The highest BCUT2D eigenvalue weighted by atomic mass is 35.5. The number of rotatable bonds is 9. The second-order valence-electron chi connectivity index (χ2n) is 5.00. The van der Waals surface area contributed by atoms with Crippen molar-refractivity contribution < 1.29 is 4.74 Å². The van der Waals surface area contributed by atoms with Crippen molar-refractivity contribution in [1.82, 2.24) is 5.32 Å². The molecule has 0 aliphatic carbocycles. The summed E-state index contributed by atoms with van der Waals surface area (Å²) in [5.74, 6) is 0. The van der Waals surface area contributed by atoms with Gasteiger partial charge in [0.05, 0.1) is 6.61 Å². The van der Waals surface area contributed by atoms with Crippen LogP contribution >= 0.6 is 11.6 Å². The van der Waals surface area contributed by atoms with Gasteiger partial charge in [0.1, 0.15) is 0 Å². The maximum atomic E-state index is 6.39. The van der Waals surface area contributed by atoms with Crippen molar-refractivity contribution in [2.45, 2.75) is 39.8 Å². The summed E-state index contributed by atoms with van der Waals surface area (Å²) in [6.45, 7) is 9.90. The Kier molecular flexibility index (Phi) is 7.97. The number of anilines is 1. The molecule has 0 bridgehead atoms. The lowest BCUT2D eigenvalue weighted by atomic mass is 10.1. The number of hydrogen-bond donors (Lipinski definition) is 1. The minimum Gasteiger partial charge on any atom is -0.383 e. The van der Waals surface area contributed by atoms with Gasteiger partial charge in [-0.15, -0.1) is 0 Å². The van der Waals surface area contributed by atoms with Crippen LogP contribution in [0.25, 0.3) is 0 Å². The SMILES string of the molecule is CCNCc1ccc(N(CCOC)C(C)CC)cc1Cl. The Morgan fingerprint density at radius 1 is 1.35 bits per heavy atom. The van der Waals surface area contributed by atoms with E-state index < -0.39 is 0 Å². The molecule has 1 rings (SSSR count). The Hall–Kier alpha value is -0.770.